The number of thiocarbonyl (C=S) groups is 1. The Balaban J connectivity index is 1.61. The fourth-order valence-corrected chi connectivity index (χ4v) is 4.72. The van der Waals surface area contributed by atoms with Gasteiger partial charge in [-0.05, 0) is 65.3 Å². The van der Waals surface area contributed by atoms with Crippen molar-refractivity contribution in [3.05, 3.63) is 104 Å². The van der Waals surface area contributed by atoms with E-state index in [0.717, 1.165) is 20.8 Å². The van der Waals surface area contributed by atoms with Crippen LogP contribution in [0, 0.1) is 10.1 Å². The van der Waals surface area contributed by atoms with Crippen LogP contribution in [-0.4, -0.2) is 20.1 Å². The number of nitrogens with zero attached hydrogens (tertiary/aromatic N) is 4. The number of nitro benzene ring substituents is 1. The molecule has 0 amide bonds. The first-order valence-corrected chi connectivity index (χ1v) is 10.7. The fraction of sp³-hybridized carbons (Fsp3) is 0.136. The number of fused-ring (bicyclic) bond motifs is 2. The van der Waals surface area contributed by atoms with Crippen LogP contribution in [0.1, 0.15) is 22.9 Å². The second kappa shape index (κ2) is 7.46. The Kier molecular flexibility index (Phi) is 4.77. The van der Waals surface area contributed by atoms with E-state index in [1.54, 1.807) is 12.1 Å². The first-order valence-electron chi connectivity index (χ1n) is 9.47. The first-order chi connectivity index (χ1) is 14.5. The zero-order chi connectivity index (χ0) is 20.8. The number of hydrazine groups is 1. The quantitative estimate of drug-likeness (QED) is 0.284. The van der Waals surface area contributed by atoms with Gasteiger partial charge in [0.1, 0.15) is 6.17 Å². The van der Waals surface area contributed by atoms with Crippen LogP contribution >= 0.6 is 28.1 Å². The summed E-state index contributed by atoms with van der Waals surface area (Å²) in [7, 11) is 0. The van der Waals surface area contributed by atoms with E-state index in [-0.39, 0.29) is 16.8 Å². The minimum absolute atomic E-state index is 0.0790. The summed E-state index contributed by atoms with van der Waals surface area (Å²) >= 11 is 9.41. The van der Waals surface area contributed by atoms with E-state index in [1.165, 1.54) is 11.1 Å². The maximum Gasteiger partial charge on any atom is 0.269 e. The molecule has 1 fully saturated rings. The number of halogens is 1. The lowest BCUT2D eigenvalue weighted by Crippen LogP contribution is -2.42. The van der Waals surface area contributed by atoms with Crippen molar-refractivity contribution in [1.29, 1.82) is 0 Å². The van der Waals surface area contributed by atoms with Crippen LogP contribution in [0.2, 0.25) is 0 Å². The largest absolute Gasteiger partial charge is 0.296 e. The molecule has 2 heterocycles. The van der Waals surface area contributed by atoms with Crippen molar-refractivity contribution in [3.63, 3.8) is 0 Å². The lowest BCUT2D eigenvalue weighted by Gasteiger charge is -2.36. The molecule has 5 rings (SSSR count). The third-order valence-corrected chi connectivity index (χ3v) is 6.48. The van der Waals surface area contributed by atoms with Gasteiger partial charge in [-0.2, -0.15) is 5.01 Å². The zero-order valence-electron chi connectivity index (χ0n) is 15.8. The minimum atomic E-state index is -0.376. The van der Waals surface area contributed by atoms with Crippen LogP contribution in [-0.2, 0) is 13.1 Å². The number of rotatable bonds is 3. The van der Waals surface area contributed by atoms with Crippen molar-refractivity contribution in [2.45, 2.75) is 19.3 Å². The molecule has 0 aliphatic carbocycles. The third-order valence-electron chi connectivity index (χ3n) is 5.54. The molecule has 1 atom stereocenters. The van der Waals surface area contributed by atoms with Gasteiger partial charge in [0, 0.05) is 28.8 Å². The van der Waals surface area contributed by atoms with Gasteiger partial charge in [-0.25, -0.2) is 0 Å². The number of benzene rings is 3. The Hall–Kier alpha value is -2.81. The highest BCUT2D eigenvalue weighted by Gasteiger charge is 2.45. The molecule has 8 heteroatoms. The smallest absolute Gasteiger partial charge is 0.269 e. The average Bonchev–Trinajstić information content (AvgIpc) is 3.04. The van der Waals surface area contributed by atoms with E-state index in [4.69, 9.17) is 12.2 Å². The van der Waals surface area contributed by atoms with Crippen LogP contribution in [0.3, 0.4) is 0 Å². The maximum atomic E-state index is 11.1. The van der Waals surface area contributed by atoms with Gasteiger partial charge in [0.05, 0.1) is 11.5 Å². The Bertz CT molecular complexity index is 1140. The number of non-ortho nitro benzene ring substituents is 1. The standard InChI is InChI=1S/C22H17BrN4O2S/c23-18-7-11-19(12-8-18)26-21(15-5-9-20(10-6-15)27(28)29)24-13-16-3-1-2-4-17(16)14-25(24)22(26)30/h1-12,21H,13-14H2. The topological polar surface area (TPSA) is 52.9 Å². The van der Waals surface area contributed by atoms with Crippen molar-refractivity contribution in [1.82, 2.24) is 10.0 Å². The molecule has 0 bridgehead atoms. The van der Waals surface area contributed by atoms with Gasteiger partial charge in [-0.3, -0.25) is 20.0 Å². The van der Waals surface area contributed by atoms with Gasteiger partial charge in [0.25, 0.3) is 5.69 Å². The van der Waals surface area contributed by atoms with Crippen molar-refractivity contribution in [3.8, 4) is 0 Å². The molecule has 2 aliphatic rings. The molecule has 1 saturated heterocycles. The van der Waals surface area contributed by atoms with Crippen molar-refractivity contribution in [2.75, 3.05) is 4.90 Å². The summed E-state index contributed by atoms with van der Waals surface area (Å²) in [6.45, 7) is 1.41. The van der Waals surface area contributed by atoms with E-state index in [1.807, 2.05) is 42.5 Å². The van der Waals surface area contributed by atoms with Gasteiger partial charge < -0.3 is 0 Å². The van der Waals surface area contributed by atoms with Gasteiger partial charge in [0.15, 0.2) is 5.11 Å². The Morgan fingerprint density at radius 2 is 1.57 bits per heavy atom. The highest BCUT2D eigenvalue weighted by atomic mass is 79.9. The molecule has 3 aromatic rings. The van der Waals surface area contributed by atoms with Gasteiger partial charge in [0.2, 0.25) is 0 Å². The van der Waals surface area contributed by atoms with Crippen molar-refractivity contribution >= 4 is 44.6 Å². The summed E-state index contributed by atoms with van der Waals surface area (Å²) in [6.07, 6.45) is -0.187. The summed E-state index contributed by atoms with van der Waals surface area (Å²) in [6, 6.07) is 23.2. The average molecular weight is 481 g/mol. The molecule has 0 radical (unpaired) electrons. The SMILES string of the molecule is O=[N+]([O-])c1ccc(C2N(c3ccc(Br)cc3)C(=S)N3Cc4ccccc4CN23)cc1. The number of nitro groups is 1. The van der Waals surface area contributed by atoms with Gasteiger partial charge in [-0.15, -0.1) is 0 Å². The van der Waals surface area contributed by atoms with Crippen molar-refractivity contribution in [2.24, 2.45) is 0 Å². The predicted octanol–water partition coefficient (Wildman–Crippen LogP) is 5.39. The molecule has 30 heavy (non-hydrogen) atoms. The summed E-state index contributed by atoms with van der Waals surface area (Å²) in [5.74, 6) is 0. The van der Waals surface area contributed by atoms with Crippen LogP contribution < -0.4 is 4.90 Å². The molecule has 2 aliphatic heterocycles. The third kappa shape index (κ3) is 3.17. The second-order valence-electron chi connectivity index (χ2n) is 7.28. The second-order valence-corrected chi connectivity index (χ2v) is 8.56. The lowest BCUT2D eigenvalue weighted by atomic mass is 10.0. The summed E-state index contributed by atoms with van der Waals surface area (Å²) in [4.78, 5) is 12.9. The van der Waals surface area contributed by atoms with Crippen LogP contribution in [0.25, 0.3) is 0 Å². The highest BCUT2D eigenvalue weighted by Crippen LogP contribution is 2.42. The van der Waals surface area contributed by atoms with Crippen LogP contribution in [0.5, 0.6) is 0 Å². The molecule has 1 unspecified atom stereocenters. The zero-order valence-corrected chi connectivity index (χ0v) is 18.2. The van der Waals surface area contributed by atoms with Gasteiger partial charge in [-0.1, -0.05) is 40.2 Å². The molecule has 0 saturated carbocycles. The molecule has 0 spiro atoms. The summed E-state index contributed by atoms with van der Waals surface area (Å²) < 4.78 is 0.994. The summed E-state index contributed by atoms with van der Waals surface area (Å²) in [5.41, 5.74) is 4.53. The summed E-state index contributed by atoms with van der Waals surface area (Å²) in [5, 5.41) is 16.2. The Morgan fingerprint density at radius 1 is 0.933 bits per heavy atom. The van der Waals surface area contributed by atoms with Crippen LogP contribution in [0.15, 0.2) is 77.3 Å². The molecule has 6 nitrogen and oxygen atoms in total. The molecule has 3 aromatic carbocycles. The van der Waals surface area contributed by atoms with E-state index < -0.39 is 0 Å². The Labute approximate surface area is 187 Å². The molecule has 150 valence electrons. The monoisotopic (exact) mass is 480 g/mol. The Morgan fingerprint density at radius 3 is 2.20 bits per heavy atom. The van der Waals surface area contributed by atoms with E-state index in [0.29, 0.717) is 13.1 Å². The molecular weight excluding hydrogens is 464 g/mol. The molecular formula is C22H17BrN4O2S. The minimum Gasteiger partial charge on any atom is -0.296 e. The predicted molar refractivity (Wildman–Crippen MR) is 123 cm³/mol. The van der Waals surface area contributed by atoms with Gasteiger partial charge >= 0.3 is 0 Å². The lowest BCUT2D eigenvalue weighted by molar-refractivity contribution is -0.384. The fourth-order valence-electron chi connectivity index (χ4n) is 4.08. The molecule has 0 N–H and O–H groups in total. The normalized spacial score (nSPS) is 18.3. The van der Waals surface area contributed by atoms with E-state index in [9.17, 15) is 10.1 Å². The number of anilines is 1. The number of hydrogen-bond donors (Lipinski definition) is 0. The van der Waals surface area contributed by atoms with Crippen LogP contribution in [0.4, 0.5) is 11.4 Å². The highest BCUT2D eigenvalue weighted by molar-refractivity contribution is 9.10. The van der Waals surface area contributed by atoms with Crippen molar-refractivity contribution < 1.29 is 4.92 Å². The van der Waals surface area contributed by atoms with E-state index >= 15 is 0 Å². The molecule has 0 aromatic heterocycles. The first kappa shape index (κ1) is 19.2. The number of hydrogen-bond acceptors (Lipinski definition) is 4. The van der Waals surface area contributed by atoms with E-state index in [2.05, 4.69) is 49.0 Å². The maximum absolute atomic E-state index is 11.1.